The second-order valence-electron chi connectivity index (χ2n) is 6.60. The Hall–Kier alpha value is -0.880. The molecule has 4 rings (SSSR count). The fourth-order valence-electron chi connectivity index (χ4n) is 3.02. The number of nitrogens with two attached hydrogens (primary N) is 1. The van der Waals surface area contributed by atoms with Crippen molar-refractivity contribution in [2.24, 2.45) is 5.73 Å². The third-order valence-corrected chi connectivity index (χ3v) is 9.09. The number of aliphatic hydroxyl groups excluding tert-OH is 2. The predicted molar refractivity (Wildman–Crippen MR) is 102 cm³/mol. The molecule has 7 atom stereocenters. The average molecular weight is 540 g/mol. The molecule has 1 aromatic rings. The van der Waals surface area contributed by atoms with Gasteiger partial charge in [0.2, 0.25) is 0 Å². The number of fused-ring (bicyclic) bond motifs is 2. The molecule has 2 fully saturated rings. The highest BCUT2D eigenvalue weighted by molar-refractivity contribution is 7.99. The second-order valence-corrected chi connectivity index (χ2v) is 12.1. The van der Waals surface area contributed by atoms with Gasteiger partial charge in [-0.05, 0) is 0 Å². The van der Waals surface area contributed by atoms with Crippen molar-refractivity contribution in [3.8, 4) is 0 Å². The first-order chi connectivity index (χ1) is 14.7. The number of rotatable bonds is 8. The summed E-state index contributed by atoms with van der Waals surface area (Å²) in [5.74, 6) is 0.781. The zero-order chi connectivity index (χ0) is 23.6. The van der Waals surface area contributed by atoms with Gasteiger partial charge in [-0.25, -0.2) is 18.7 Å². The lowest BCUT2D eigenvalue weighted by Gasteiger charge is -2.20. The maximum atomic E-state index is 11.8. The van der Waals surface area contributed by atoms with E-state index >= 15 is 0 Å². The number of amidine groups is 1. The van der Waals surface area contributed by atoms with Crippen LogP contribution in [0.1, 0.15) is 11.9 Å². The average Bonchev–Trinajstić information content (AvgIpc) is 3.20. The fourth-order valence-corrected chi connectivity index (χ4v) is 6.74. The SMILES string of the molecule is NC1=[N+]2S[C@@H]2Nc2c1ncn2[C@@H]1O[C@H](COP(=O)(O)OP(=O)(O)OP(=O)(O)O)[C@@H](O)[C@H]1O. The molecule has 0 aromatic carbocycles. The summed E-state index contributed by atoms with van der Waals surface area (Å²) in [5, 5.41) is 23.7. The first-order valence-electron chi connectivity index (χ1n) is 8.39. The fraction of sp³-hybridized carbons (Fsp3) is 0.600. The number of phosphoric ester groups is 1. The van der Waals surface area contributed by atoms with Crippen molar-refractivity contribution < 1.29 is 65.3 Å². The molecule has 0 bridgehead atoms. The molecule has 0 amide bonds. The van der Waals surface area contributed by atoms with Gasteiger partial charge >= 0.3 is 29.3 Å². The summed E-state index contributed by atoms with van der Waals surface area (Å²) >= 11 is 1.40. The number of aliphatic hydroxyl groups is 2. The molecule has 0 radical (unpaired) electrons. The Balaban J connectivity index is 1.42. The number of imidazole rings is 1. The molecule has 1 aromatic heterocycles. The maximum Gasteiger partial charge on any atom is 0.490 e. The van der Waals surface area contributed by atoms with E-state index in [1.54, 1.807) is 3.98 Å². The van der Waals surface area contributed by atoms with Crippen molar-refractivity contribution in [1.82, 2.24) is 9.55 Å². The van der Waals surface area contributed by atoms with E-state index in [1.807, 2.05) is 0 Å². The molecule has 0 spiro atoms. The van der Waals surface area contributed by atoms with Gasteiger partial charge < -0.3 is 39.8 Å². The minimum absolute atomic E-state index is 0.137. The van der Waals surface area contributed by atoms with Crippen LogP contribution in [0, 0.1) is 0 Å². The van der Waals surface area contributed by atoms with Crippen LogP contribution in [0.25, 0.3) is 0 Å². The Bertz CT molecular complexity index is 1110. The number of anilines is 1. The van der Waals surface area contributed by atoms with Crippen LogP contribution in [0.4, 0.5) is 5.82 Å². The maximum absolute atomic E-state index is 11.8. The summed E-state index contributed by atoms with van der Waals surface area (Å²) in [6, 6.07) is 0. The molecule has 4 heterocycles. The lowest BCUT2D eigenvalue weighted by Crippen LogP contribution is -2.34. The Kier molecular flexibility index (Phi) is 6.15. The van der Waals surface area contributed by atoms with E-state index in [2.05, 4.69) is 23.4 Å². The smallest absolute Gasteiger partial charge is 0.387 e. The summed E-state index contributed by atoms with van der Waals surface area (Å²) in [4.78, 5) is 39.8. The first kappa shape index (κ1) is 24.3. The largest absolute Gasteiger partial charge is 0.490 e. The first-order valence-corrected chi connectivity index (χ1v) is 13.8. The zero-order valence-corrected chi connectivity index (χ0v) is 18.9. The van der Waals surface area contributed by atoms with E-state index in [4.69, 9.17) is 25.2 Å². The van der Waals surface area contributed by atoms with Gasteiger partial charge in [0.1, 0.15) is 36.1 Å². The molecular weight excluding hydrogens is 523 g/mol. The molecule has 0 aliphatic carbocycles. The quantitative estimate of drug-likeness (QED) is 0.0761. The van der Waals surface area contributed by atoms with Gasteiger partial charge in [-0.2, -0.15) is 12.6 Å². The highest BCUT2D eigenvalue weighted by Crippen LogP contribution is 2.66. The number of aromatic nitrogens is 2. The molecule has 32 heavy (non-hydrogen) atoms. The Morgan fingerprint density at radius 1 is 1.19 bits per heavy atom. The zero-order valence-electron chi connectivity index (χ0n) is 15.4. The van der Waals surface area contributed by atoms with Crippen LogP contribution in [0.3, 0.4) is 0 Å². The molecule has 3 aliphatic heterocycles. The summed E-state index contributed by atoms with van der Waals surface area (Å²) in [7, 11) is -16.7. The number of phosphoric acid groups is 3. The molecular formula is C10H17N5O13P3S+. The number of hydrogen-bond acceptors (Lipinski definition) is 13. The summed E-state index contributed by atoms with van der Waals surface area (Å²) in [6.45, 7) is -0.927. The van der Waals surface area contributed by atoms with Crippen molar-refractivity contribution in [1.29, 1.82) is 0 Å². The number of nitrogens with zero attached hydrogens (tertiary/aromatic N) is 3. The molecule has 180 valence electrons. The van der Waals surface area contributed by atoms with E-state index in [0.29, 0.717) is 17.3 Å². The molecule has 2 saturated heterocycles. The second kappa shape index (κ2) is 8.11. The summed E-state index contributed by atoms with van der Waals surface area (Å²) in [6.07, 6.45) is -4.52. The van der Waals surface area contributed by atoms with Crippen molar-refractivity contribution >= 4 is 47.1 Å². The van der Waals surface area contributed by atoms with Gasteiger partial charge in [0.25, 0.3) is 5.50 Å². The monoisotopic (exact) mass is 540 g/mol. The van der Waals surface area contributed by atoms with Gasteiger partial charge in [-0.15, -0.1) is 0 Å². The van der Waals surface area contributed by atoms with Gasteiger partial charge in [0.15, 0.2) is 11.9 Å². The van der Waals surface area contributed by atoms with E-state index in [9.17, 15) is 28.8 Å². The standard InChI is InChI=1S/C10H16N5O13P3S/c11-7-4-8(13-10-15(7)32-10)14(2-12-4)9-6(17)5(16)3(26-9)1-25-30(21,22)28-31(23,24)27-29(18,19)20/h2-3,5-6,9-10,16-17H,1H2,(H6,11,13,18,19,20,21,22,23,24)/p+1/t3-,5-,6-,9-,10-,15?/m1/s1. The van der Waals surface area contributed by atoms with Crippen molar-refractivity contribution in [2.45, 2.75) is 30.0 Å². The number of ether oxygens (including phenoxy) is 1. The summed E-state index contributed by atoms with van der Waals surface area (Å²) in [5.41, 5.74) is 6.22. The van der Waals surface area contributed by atoms with Gasteiger partial charge in [-0.1, -0.05) is 0 Å². The lowest BCUT2D eigenvalue weighted by atomic mass is 10.1. The Morgan fingerprint density at radius 3 is 2.53 bits per heavy atom. The normalized spacial score (nSPS) is 33.1. The Labute approximate surface area is 182 Å². The molecule has 18 nitrogen and oxygen atoms in total. The van der Waals surface area contributed by atoms with Gasteiger partial charge in [0.05, 0.1) is 12.9 Å². The van der Waals surface area contributed by atoms with Crippen LogP contribution in [-0.4, -0.2) is 79.6 Å². The van der Waals surface area contributed by atoms with Crippen LogP contribution in [0.2, 0.25) is 0 Å². The van der Waals surface area contributed by atoms with Crippen LogP contribution in [0.5, 0.6) is 0 Å². The minimum atomic E-state index is -5.69. The molecule has 3 aliphatic rings. The predicted octanol–water partition coefficient (Wildman–Crippen LogP) is -2.07. The molecule has 9 N–H and O–H groups in total. The lowest BCUT2D eigenvalue weighted by molar-refractivity contribution is -0.276. The Morgan fingerprint density at radius 2 is 1.88 bits per heavy atom. The molecule has 0 saturated carbocycles. The van der Waals surface area contributed by atoms with E-state index < -0.39 is 54.6 Å². The molecule has 2 unspecified atom stereocenters. The third kappa shape index (κ3) is 4.96. The van der Waals surface area contributed by atoms with E-state index in [-0.39, 0.29) is 5.50 Å². The summed E-state index contributed by atoms with van der Waals surface area (Å²) < 4.78 is 54.1. The van der Waals surface area contributed by atoms with Crippen LogP contribution in [-0.2, 0) is 31.6 Å². The third-order valence-electron chi connectivity index (χ3n) is 4.34. The highest BCUT2D eigenvalue weighted by Gasteiger charge is 2.51. The van der Waals surface area contributed by atoms with Crippen LogP contribution in [0.15, 0.2) is 6.33 Å². The van der Waals surface area contributed by atoms with Crippen molar-refractivity contribution in [3.05, 3.63) is 12.0 Å². The molecule has 22 heteroatoms. The van der Waals surface area contributed by atoms with Crippen LogP contribution < -0.4 is 11.1 Å². The number of hydrogen-bond donors (Lipinski definition) is 8. The van der Waals surface area contributed by atoms with Crippen LogP contribution >= 0.6 is 35.4 Å². The van der Waals surface area contributed by atoms with Crippen molar-refractivity contribution in [3.63, 3.8) is 0 Å². The highest BCUT2D eigenvalue weighted by atomic mass is 32.2. The number of nitrogens with one attached hydrogen (secondary N) is 1. The van der Waals surface area contributed by atoms with E-state index in [0.717, 1.165) is 0 Å². The van der Waals surface area contributed by atoms with Gasteiger partial charge in [0, 0.05) is 0 Å². The topological polar surface area (TPSA) is 268 Å². The van der Waals surface area contributed by atoms with Crippen molar-refractivity contribution in [2.75, 3.05) is 11.9 Å². The van der Waals surface area contributed by atoms with E-state index in [1.165, 1.54) is 22.8 Å². The van der Waals surface area contributed by atoms with Gasteiger partial charge in [-0.3, -0.25) is 14.8 Å². The minimum Gasteiger partial charge on any atom is -0.387 e.